The molecule has 0 bridgehead atoms. The minimum Gasteiger partial charge on any atom is -0.463 e. The van der Waals surface area contributed by atoms with Gasteiger partial charge in [0.2, 0.25) is 0 Å². The van der Waals surface area contributed by atoms with Gasteiger partial charge in [-0.05, 0) is 0 Å². The monoisotopic (exact) mass is 151 g/mol. The van der Waals surface area contributed by atoms with Gasteiger partial charge in [0, 0.05) is 32.7 Å². The SMILES string of the molecule is [CH2-]C.[CH2-]F.[Y]. The van der Waals surface area contributed by atoms with E-state index in [0.717, 1.165) is 0 Å². The Bertz CT molecular complexity index is 6.85. The molecular formula is C3H7FY-2. The van der Waals surface area contributed by atoms with Crippen LogP contribution in [-0.2, 0) is 32.7 Å². The van der Waals surface area contributed by atoms with Gasteiger partial charge in [-0.15, -0.1) is 0 Å². The average Bonchev–Trinajstić information content (AvgIpc) is 1.50. The molecule has 0 aliphatic heterocycles. The third kappa shape index (κ3) is 43.3. The Labute approximate surface area is 58.0 Å². The number of halogens is 1. The molecule has 0 spiro atoms. The largest absolute Gasteiger partial charge is 0.463 e. The maximum atomic E-state index is 9.25. The zero-order valence-corrected chi connectivity index (χ0v) is 6.21. The molecule has 0 aliphatic rings. The van der Waals surface area contributed by atoms with Gasteiger partial charge in [0.15, 0.2) is 0 Å². The molecule has 5 heavy (non-hydrogen) atoms. The van der Waals surface area contributed by atoms with Crippen molar-refractivity contribution in [2.75, 3.05) is 0 Å². The first kappa shape index (κ1) is 16.6. The van der Waals surface area contributed by atoms with Crippen molar-refractivity contribution in [1.82, 2.24) is 0 Å². The summed E-state index contributed by atoms with van der Waals surface area (Å²) in [7, 11) is 1.75. The van der Waals surface area contributed by atoms with Crippen molar-refractivity contribution < 1.29 is 37.1 Å². The molecule has 31 valence electrons. The van der Waals surface area contributed by atoms with Crippen LogP contribution in [0.2, 0.25) is 0 Å². The first-order chi connectivity index (χ1) is 2.00. The normalized spacial score (nSPS) is 2.40. The Morgan fingerprint density at radius 3 is 1.20 bits per heavy atom. The summed E-state index contributed by atoms with van der Waals surface area (Å²) in [6, 6.07) is 0. The van der Waals surface area contributed by atoms with Crippen LogP contribution in [0.3, 0.4) is 0 Å². The summed E-state index contributed by atoms with van der Waals surface area (Å²) >= 11 is 0. The number of hydrogen-bond acceptors (Lipinski definition) is 0. The topological polar surface area (TPSA) is 0 Å². The average molecular weight is 151 g/mol. The van der Waals surface area contributed by atoms with Crippen molar-refractivity contribution in [3.05, 3.63) is 14.1 Å². The van der Waals surface area contributed by atoms with Crippen LogP contribution in [0.25, 0.3) is 0 Å². The Kier molecular flexibility index (Phi) is 255. The molecule has 0 atom stereocenters. The van der Waals surface area contributed by atoms with E-state index in [2.05, 4.69) is 6.92 Å². The predicted octanol–water partition coefficient (Wildman–Crippen LogP) is 1.59. The first-order valence-electron chi connectivity index (χ1n) is 0.974. The third-order valence-corrected chi connectivity index (χ3v) is 0. The van der Waals surface area contributed by atoms with Crippen molar-refractivity contribution in [1.29, 1.82) is 0 Å². The maximum Gasteiger partial charge on any atom is 0 e. The van der Waals surface area contributed by atoms with Gasteiger partial charge in [0.1, 0.15) is 0 Å². The van der Waals surface area contributed by atoms with Crippen LogP contribution in [0.15, 0.2) is 0 Å². The second-order valence-corrected chi connectivity index (χ2v) is 0. The Morgan fingerprint density at radius 1 is 1.20 bits per heavy atom. The van der Waals surface area contributed by atoms with Gasteiger partial charge >= 0.3 is 0 Å². The van der Waals surface area contributed by atoms with E-state index in [4.69, 9.17) is 0 Å². The maximum absolute atomic E-state index is 9.25. The van der Waals surface area contributed by atoms with Crippen LogP contribution < -0.4 is 0 Å². The molecule has 2 heteroatoms. The molecule has 0 unspecified atom stereocenters. The zero-order chi connectivity index (χ0) is 4.00. The fraction of sp³-hybridized carbons (Fsp3) is 0.333. The first-order valence-corrected chi connectivity index (χ1v) is 0.974. The van der Waals surface area contributed by atoms with E-state index in [1.807, 2.05) is 0 Å². The molecule has 0 saturated heterocycles. The molecule has 1 radical (unpaired) electrons. The summed E-state index contributed by atoms with van der Waals surface area (Å²) in [5, 5.41) is 0. The minimum atomic E-state index is 0. The van der Waals surface area contributed by atoms with Crippen molar-refractivity contribution in [2.45, 2.75) is 6.92 Å². The van der Waals surface area contributed by atoms with Gasteiger partial charge in [0.05, 0.1) is 0 Å². The van der Waals surface area contributed by atoms with Crippen LogP contribution in [0.4, 0.5) is 4.39 Å². The van der Waals surface area contributed by atoms with Crippen molar-refractivity contribution in [3.63, 3.8) is 0 Å². The summed E-state index contributed by atoms with van der Waals surface area (Å²) in [5.74, 6) is 0. The molecule has 0 heterocycles. The summed E-state index contributed by atoms with van der Waals surface area (Å²) in [4.78, 5) is 0. The summed E-state index contributed by atoms with van der Waals surface area (Å²) in [5.41, 5.74) is 0. The third-order valence-electron chi connectivity index (χ3n) is 0. The fourth-order valence-electron chi connectivity index (χ4n) is 0. The van der Waals surface area contributed by atoms with Gasteiger partial charge in [-0.25, -0.2) is 0 Å². The molecule has 0 aliphatic carbocycles. The molecule has 0 N–H and O–H groups in total. The fourth-order valence-corrected chi connectivity index (χ4v) is 0. The Morgan fingerprint density at radius 2 is 1.20 bits per heavy atom. The van der Waals surface area contributed by atoms with E-state index in [-0.39, 0.29) is 32.7 Å². The van der Waals surface area contributed by atoms with Crippen molar-refractivity contribution in [3.8, 4) is 0 Å². The van der Waals surface area contributed by atoms with Crippen LogP contribution in [0, 0.1) is 14.1 Å². The zero-order valence-electron chi connectivity index (χ0n) is 3.37. The second kappa shape index (κ2) is 76.6. The van der Waals surface area contributed by atoms with E-state index in [1.54, 1.807) is 14.1 Å². The van der Waals surface area contributed by atoms with Gasteiger partial charge in [-0.2, -0.15) is 14.1 Å². The van der Waals surface area contributed by atoms with Crippen LogP contribution in [0.5, 0.6) is 0 Å². The molecule has 0 aromatic carbocycles. The molecule has 0 aromatic heterocycles. The standard InChI is InChI=1S/C2H5.CH2F.Y/c2*1-2;/h1H2,2H3;1H2;/q2*-1;. The van der Waals surface area contributed by atoms with Crippen molar-refractivity contribution >= 4 is 0 Å². The van der Waals surface area contributed by atoms with E-state index in [0.29, 0.717) is 0 Å². The van der Waals surface area contributed by atoms with Gasteiger partial charge in [-0.3, -0.25) is 0 Å². The molecule has 0 nitrogen and oxygen atoms in total. The molecule has 0 amide bonds. The van der Waals surface area contributed by atoms with Crippen LogP contribution in [0.1, 0.15) is 6.92 Å². The van der Waals surface area contributed by atoms with E-state index in [9.17, 15) is 4.39 Å². The summed E-state index contributed by atoms with van der Waals surface area (Å²) < 4.78 is 9.25. The van der Waals surface area contributed by atoms with Gasteiger partial charge in [0.25, 0.3) is 0 Å². The summed E-state index contributed by atoms with van der Waals surface area (Å²) in [6.45, 7) is 5.00. The molecule has 0 rings (SSSR count). The Balaban J connectivity index is -0.0000000133. The van der Waals surface area contributed by atoms with Crippen molar-refractivity contribution in [2.24, 2.45) is 0 Å². The molecule has 0 fully saturated rings. The second-order valence-electron chi connectivity index (χ2n) is 0. The quantitative estimate of drug-likeness (QED) is 0.461. The van der Waals surface area contributed by atoms with E-state index >= 15 is 0 Å². The summed E-state index contributed by atoms with van der Waals surface area (Å²) in [6.07, 6.45) is 0. The molecule has 0 saturated carbocycles. The van der Waals surface area contributed by atoms with E-state index in [1.165, 1.54) is 0 Å². The number of hydrogen-bond donors (Lipinski definition) is 0. The van der Waals surface area contributed by atoms with Gasteiger partial charge in [-0.1, -0.05) is 0 Å². The minimum absolute atomic E-state index is 0. The Hall–Kier alpha value is 1.03. The van der Waals surface area contributed by atoms with E-state index < -0.39 is 0 Å². The van der Waals surface area contributed by atoms with Gasteiger partial charge < -0.3 is 11.3 Å². The predicted molar refractivity (Wildman–Crippen MR) is 17.5 cm³/mol. The number of rotatable bonds is 0. The van der Waals surface area contributed by atoms with Crippen LogP contribution in [-0.4, -0.2) is 0 Å². The molecule has 0 aromatic rings. The smallest absolute Gasteiger partial charge is 0 e. The van der Waals surface area contributed by atoms with Crippen LogP contribution >= 0.6 is 0 Å². The molecular weight excluding hydrogens is 144 g/mol.